The fraction of sp³-hybridized carbons (Fsp3) is 0.500. The van der Waals surface area contributed by atoms with Crippen LogP contribution in [-0.2, 0) is 12.0 Å². The van der Waals surface area contributed by atoms with Gasteiger partial charge in [0.15, 0.2) is 0 Å². The van der Waals surface area contributed by atoms with Crippen LogP contribution in [-0.4, -0.2) is 7.11 Å². The van der Waals surface area contributed by atoms with Crippen molar-refractivity contribution in [2.24, 2.45) is 5.73 Å². The summed E-state index contributed by atoms with van der Waals surface area (Å²) in [5.41, 5.74) is 8.03. The van der Waals surface area contributed by atoms with Crippen LogP contribution in [0.2, 0.25) is 0 Å². The summed E-state index contributed by atoms with van der Waals surface area (Å²) in [6.45, 7) is 6.09. The van der Waals surface area contributed by atoms with Crippen LogP contribution in [0.4, 0.5) is 0 Å². The molecule has 1 aromatic rings. The van der Waals surface area contributed by atoms with Gasteiger partial charge in [0, 0.05) is 11.1 Å². The second-order valence-corrected chi connectivity index (χ2v) is 5.09. The molecule has 1 aromatic carbocycles. The molecule has 0 fully saturated rings. The summed E-state index contributed by atoms with van der Waals surface area (Å²) in [4.78, 5) is 0. The van der Waals surface area contributed by atoms with E-state index in [9.17, 15) is 0 Å². The minimum atomic E-state index is -0.390. The zero-order chi connectivity index (χ0) is 11.6. The maximum Gasteiger partial charge on any atom is 0.138 e. The van der Waals surface area contributed by atoms with E-state index in [1.54, 1.807) is 7.11 Å². The number of hydrogen-bond donors (Lipinski definition) is 1. The van der Waals surface area contributed by atoms with E-state index in [0.29, 0.717) is 0 Å². The molecule has 0 heterocycles. The van der Waals surface area contributed by atoms with Gasteiger partial charge in [0.1, 0.15) is 5.75 Å². The number of aryl methyl sites for hydroxylation is 1. The second kappa shape index (κ2) is 4.54. The number of hydrogen-bond acceptors (Lipinski definition) is 2. The maximum atomic E-state index is 6.12. The first-order valence-corrected chi connectivity index (χ1v) is 5.85. The number of halogens is 1. The van der Waals surface area contributed by atoms with Gasteiger partial charge in [-0.15, -0.1) is 0 Å². The van der Waals surface area contributed by atoms with Crippen molar-refractivity contribution >= 4 is 15.9 Å². The Labute approximate surface area is 99.9 Å². The molecular weight excluding hydrogens is 254 g/mol. The number of nitrogens with two attached hydrogens (primary N) is 1. The summed E-state index contributed by atoms with van der Waals surface area (Å²) < 4.78 is 6.35. The Morgan fingerprint density at radius 2 is 2.00 bits per heavy atom. The van der Waals surface area contributed by atoms with E-state index in [4.69, 9.17) is 10.5 Å². The van der Waals surface area contributed by atoms with Crippen molar-refractivity contribution in [3.05, 3.63) is 27.7 Å². The third-order valence-electron chi connectivity index (χ3n) is 2.41. The number of ether oxygens (including phenoxy) is 1. The molecular formula is C12H18BrNO. The predicted octanol–water partition coefficient (Wildman–Crippen LogP) is 3.21. The molecule has 0 atom stereocenters. The van der Waals surface area contributed by atoms with Crippen LogP contribution < -0.4 is 10.5 Å². The fourth-order valence-electron chi connectivity index (χ4n) is 1.54. The van der Waals surface area contributed by atoms with Gasteiger partial charge in [0.05, 0.1) is 11.6 Å². The SMILES string of the molecule is CCc1cc(Br)c(OC)c(C(C)(C)N)c1. The van der Waals surface area contributed by atoms with Gasteiger partial charge in [-0.1, -0.05) is 13.0 Å². The smallest absolute Gasteiger partial charge is 0.138 e. The lowest BCUT2D eigenvalue weighted by Gasteiger charge is -2.23. The summed E-state index contributed by atoms with van der Waals surface area (Å²) in [5.74, 6) is 0.833. The van der Waals surface area contributed by atoms with Crippen LogP contribution in [0.1, 0.15) is 31.9 Å². The van der Waals surface area contributed by atoms with E-state index in [-0.39, 0.29) is 5.54 Å². The second-order valence-electron chi connectivity index (χ2n) is 4.23. The van der Waals surface area contributed by atoms with Crippen LogP contribution in [0.15, 0.2) is 16.6 Å². The minimum Gasteiger partial charge on any atom is -0.495 e. The summed E-state index contributed by atoms with van der Waals surface area (Å²) in [6, 6.07) is 4.19. The number of benzene rings is 1. The highest BCUT2D eigenvalue weighted by atomic mass is 79.9. The topological polar surface area (TPSA) is 35.2 Å². The molecule has 0 aliphatic rings. The molecule has 0 radical (unpaired) electrons. The Hall–Kier alpha value is -0.540. The van der Waals surface area contributed by atoms with Crippen molar-refractivity contribution in [1.82, 2.24) is 0 Å². The molecule has 84 valence electrons. The molecule has 0 spiro atoms. The summed E-state index contributed by atoms with van der Waals surface area (Å²) in [7, 11) is 1.67. The van der Waals surface area contributed by atoms with Gasteiger partial charge in [-0.2, -0.15) is 0 Å². The quantitative estimate of drug-likeness (QED) is 0.917. The molecule has 0 aliphatic carbocycles. The van der Waals surface area contributed by atoms with Gasteiger partial charge in [-0.25, -0.2) is 0 Å². The summed E-state index contributed by atoms with van der Waals surface area (Å²) >= 11 is 3.51. The minimum absolute atomic E-state index is 0.390. The first kappa shape index (κ1) is 12.5. The Bertz CT molecular complexity index is 355. The zero-order valence-electron chi connectivity index (χ0n) is 9.73. The average molecular weight is 272 g/mol. The fourth-order valence-corrected chi connectivity index (χ4v) is 2.21. The summed E-state index contributed by atoms with van der Waals surface area (Å²) in [5, 5.41) is 0. The Morgan fingerprint density at radius 3 is 2.40 bits per heavy atom. The molecule has 3 heteroatoms. The van der Waals surface area contributed by atoms with Gasteiger partial charge >= 0.3 is 0 Å². The van der Waals surface area contributed by atoms with E-state index >= 15 is 0 Å². The van der Waals surface area contributed by atoms with Crippen molar-refractivity contribution in [2.75, 3.05) is 7.11 Å². The molecule has 0 unspecified atom stereocenters. The molecule has 0 saturated heterocycles. The van der Waals surface area contributed by atoms with Crippen molar-refractivity contribution in [2.45, 2.75) is 32.7 Å². The Kier molecular flexibility index (Phi) is 3.79. The molecule has 15 heavy (non-hydrogen) atoms. The standard InChI is InChI=1S/C12H18BrNO/c1-5-8-6-9(12(2,3)14)11(15-4)10(13)7-8/h6-7H,5,14H2,1-4H3. The van der Waals surface area contributed by atoms with Gasteiger partial charge in [0.25, 0.3) is 0 Å². The number of methoxy groups -OCH3 is 1. The molecule has 2 N–H and O–H groups in total. The zero-order valence-corrected chi connectivity index (χ0v) is 11.3. The van der Waals surface area contributed by atoms with Gasteiger partial charge in [-0.3, -0.25) is 0 Å². The predicted molar refractivity (Wildman–Crippen MR) is 67.3 cm³/mol. The lowest BCUT2D eigenvalue weighted by Crippen LogP contribution is -2.29. The van der Waals surface area contributed by atoms with E-state index < -0.39 is 0 Å². The molecule has 0 aromatic heterocycles. The molecule has 2 nitrogen and oxygen atoms in total. The van der Waals surface area contributed by atoms with Crippen molar-refractivity contribution in [3.63, 3.8) is 0 Å². The third kappa shape index (κ3) is 2.73. The van der Waals surface area contributed by atoms with Gasteiger partial charge in [0.2, 0.25) is 0 Å². The van der Waals surface area contributed by atoms with E-state index in [1.807, 2.05) is 13.8 Å². The van der Waals surface area contributed by atoms with Crippen LogP contribution in [0.3, 0.4) is 0 Å². The molecule has 0 amide bonds. The number of rotatable bonds is 3. The first-order valence-electron chi connectivity index (χ1n) is 5.06. The monoisotopic (exact) mass is 271 g/mol. The van der Waals surface area contributed by atoms with Crippen LogP contribution in [0, 0.1) is 0 Å². The molecule has 0 aliphatic heterocycles. The highest BCUT2D eigenvalue weighted by molar-refractivity contribution is 9.10. The normalized spacial score (nSPS) is 11.6. The van der Waals surface area contributed by atoms with Gasteiger partial charge < -0.3 is 10.5 Å². The van der Waals surface area contributed by atoms with Crippen LogP contribution >= 0.6 is 15.9 Å². The molecule has 1 rings (SSSR count). The van der Waals surface area contributed by atoms with E-state index in [1.165, 1.54) is 5.56 Å². The molecule has 0 saturated carbocycles. The summed E-state index contributed by atoms with van der Waals surface area (Å²) in [6.07, 6.45) is 0.992. The Morgan fingerprint density at radius 1 is 1.40 bits per heavy atom. The van der Waals surface area contributed by atoms with Crippen molar-refractivity contribution in [1.29, 1.82) is 0 Å². The first-order chi connectivity index (χ1) is 6.90. The third-order valence-corrected chi connectivity index (χ3v) is 3.00. The van der Waals surface area contributed by atoms with E-state index in [0.717, 1.165) is 22.2 Å². The Balaban J connectivity index is 3.39. The molecule has 0 bridgehead atoms. The van der Waals surface area contributed by atoms with Crippen LogP contribution in [0.5, 0.6) is 5.75 Å². The highest BCUT2D eigenvalue weighted by Crippen LogP contribution is 2.35. The largest absolute Gasteiger partial charge is 0.495 e. The lowest BCUT2D eigenvalue weighted by atomic mass is 9.92. The van der Waals surface area contributed by atoms with Crippen LogP contribution in [0.25, 0.3) is 0 Å². The average Bonchev–Trinajstić information content (AvgIpc) is 2.15. The van der Waals surface area contributed by atoms with Crippen molar-refractivity contribution < 1.29 is 4.74 Å². The maximum absolute atomic E-state index is 6.12. The highest BCUT2D eigenvalue weighted by Gasteiger charge is 2.21. The van der Waals surface area contributed by atoms with Crippen molar-refractivity contribution in [3.8, 4) is 5.75 Å². The van der Waals surface area contributed by atoms with Gasteiger partial charge in [-0.05, 0) is 47.8 Å². The van der Waals surface area contributed by atoms with E-state index in [2.05, 4.69) is 35.0 Å². The lowest BCUT2D eigenvalue weighted by molar-refractivity contribution is 0.391.